The highest BCUT2D eigenvalue weighted by atomic mass is 16.5. The van der Waals surface area contributed by atoms with Crippen LogP contribution in [0.2, 0.25) is 0 Å². The summed E-state index contributed by atoms with van der Waals surface area (Å²) in [4.78, 5) is 2.26. The standard InChI is InChI=1S/C22H24N2O2/c1-21-9-10-24(2)20(12-16-7-8-18(26-3)13-19(16)21)22(21,25)17-6-4-5-15(11-17)14-23/h4-8,11,13,20,25H,9-10,12H2,1-3H3. The minimum absolute atomic E-state index is 0.0314. The summed E-state index contributed by atoms with van der Waals surface area (Å²) < 4.78 is 5.46. The van der Waals surface area contributed by atoms with Crippen molar-refractivity contribution in [2.75, 3.05) is 20.7 Å². The van der Waals surface area contributed by atoms with Crippen molar-refractivity contribution in [3.8, 4) is 11.8 Å². The second-order valence-electron chi connectivity index (χ2n) is 7.76. The van der Waals surface area contributed by atoms with Crippen molar-refractivity contribution in [1.29, 1.82) is 5.26 Å². The number of ether oxygens (including phenoxy) is 1. The molecule has 1 fully saturated rings. The Labute approximate surface area is 154 Å². The Kier molecular flexibility index (Phi) is 3.83. The zero-order chi connectivity index (χ0) is 18.5. The molecule has 2 aromatic carbocycles. The second kappa shape index (κ2) is 5.84. The zero-order valence-electron chi connectivity index (χ0n) is 15.5. The third-order valence-corrected chi connectivity index (χ3v) is 6.58. The SMILES string of the molecule is COc1ccc2c(c1)C1(C)CCN(C)C(C2)C1(O)c1cccc(C#N)c1. The minimum Gasteiger partial charge on any atom is -0.497 e. The number of hydrogen-bond acceptors (Lipinski definition) is 4. The van der Waals surface area contributed by atoms with Crippen LogP contribution in [0.25, 0.3) is 0 Å². The average molecular weight is 348 g/mol. The third-order valence-electron chi connectivity index (χ3n) is 6.58. The van der Waals surface area contributed by atoms with E-state index in [2.05, 4.69) is 37.1 Å². The van der Waals surface area contributed by atoms with Crippen LogP contribution >= 0.6 is 0 Å². The van der Waals surface area contributed by atoms with Gasteiger partial charge in [0.1, 0.15) is 11.4 Å². The van der Waals surface area contributed by atoms with Crippen LogP contribution in [0.4, 0.5) is 0 Å². The van der Waals surface area contributed by atoms with E-state index < -0.39 is 11.0 Å². The molecule has 2 aromatic rings. The summed E-state index contributed by atoms with van der Waals surface area (Å²) in [5.41, 5.74) is 2.32. The number of nitrogens with zero attached hydrogens (tertiary/aromatic N) is 2. The Morgan fingerprint density at radius 3 is 2.81 bits per heavy atom. The van der Waals surface area contributed by atoms with Gasteiger partial charge in [-0.1, -0.05) is 25.1 Å². The van der Waals surface area contributed by atoms with Gasteiger partial charge in [0.2, 0.25) is 0 Å². The normalized spacial score (nSPS) is 30.3. The molecule has 0 saturated carbocycles. The summed E-state index contributed by atoms with van der Waals surface area (Å²) in [6.07, 6.45) is 1.62. The molecule has 3 atom stereocenters. The summed E-state index contributed by atoms with van der Waals surface area (Å²) in [7, 11) is 3.75. The molecular weight excluding hydrogens is 324 g/mol. The lowest BCUT2D eigenvalue weighted by Crippen LogP contribution is -2.67. The Balaban J connectivity index is 1.97. The van der Waals surface area contributed by atoms with E-state index >= 15 is 0 Å². The molecule has 0 spiro atoms. The fraction of sp³-hybridized carbons (Fsp3) is 0.409. The quantitative estimate of drug-likeness (QED) is 0.906. The van der Waals surface area contributed by atoms with Crippen molar-refractivity contribution in [1.82, 2.24) is 4.90 Å². The van der Waals surface area contributed by atoms with E-state index in [1.807, 2.05) is 24.3 Å². The molecule has 2 bridgehead atoms. The van der Waals surface area contributed by atoms with Gasteiger partial charge in [-0.3, -0.25) is 4.90 Å². The molecule has 0 amide bonds. The van der Waals surface area contributed by atoms with Crippen LogP contribution in [0.15, 0.2) is 42.5 Å². The third kappa shape index (κ3) is 2.14. The first-order chi connectivity index (χ1) is 12.4. The van der Waals surface area contributed by atoms with Gasteiger partial charge in [0.25, 0.3) is 0 Å². The van der Waals surface area contributed by atoms with Crippen LogP contribution < -0.4 is 4.74 Å². The Bertz CT molecular complexity index is 903. The van der Waals surface area contributed by atoms with E-state index in [-0.39, 0.29) is 6.04 Å². The maximum absolute atomic E-state index is 12.2. The van der Waals surface area contributed by atoms with E-state index in [1.165, 1.54) is 5.56 Å². The first-order valence-electron chi connectivity index (χ1n) is 9.04. The molecule has 1 saturated heterocycles. The second-order valence-corrected chi connectivity index (χ2v) is 7.76. The fourth-order valence-corrected chi connectivity index (χ4v) is 5.00. The summed E-state index contributed by atoms with van der Waals surface area (Å²) in [5, 5.41) is 21.5. The molecular formula is C22H24N2O2. The first-order valence-corrected chi connectivity index (χ1v) is 9.04. The lowest BCUT2D eigenvalue weighted by Gasteiger charge is -2.60. The molecule has 3 unspecified atom stereocenters. The Hall–Kier alpha value is -2.35. The van der Waals surface area contributed by atoms with E-state index in [4.69, 9.17) is 4.74 Å². The molecule has 1 heterocycles. The van der Waals surface area contributed by atoms with Crippen molar-refractivity contribution < 1.29 is 9.84 Å². The van der Waals surface area contributed by atoms with Crippen molar-refractivity contribution in [3.63, 3.8) is 0 Å². The van der Waals surface area contributed by atoms with E-state index in [0.717, 1.165) is 36.3 Å². The predicted molar refractivity (Wildman–Crippen MR) is 100 cm³/mol. The van der Waals surface area contributed by atoms with Gasteiger partial charge in [0.05, 0.1) is 18.7 Å². The summed E-state index contributed by atoms with van der Waals surface area (Å²) in [5.74, 6) is 0.815. The van der Waals surface area contributed by atoms with Crippen LogP contribution in [-0.2, 0) is 17.4 Å². The lowest BCUT2D eigenvalue weighted by atomic mass is 9.53. The average Bonchev–Trinajstić information content (AvgIpc) is 2.67. The maximum atomic E-state index is 12.2. The number of piperidine rings is 1. The number of rotatable bonds is 2. The molecule has 4 heteroatoms. The molecule has 0 radical (unpaired) electrons. The molecule has 1 N–H and O–H groups in total. The monoisotopic (exact) mass is 348 g/mol. The Morgan fingerprint density at radius 2 is 2.08 bits per heavy atom. The topological polar surface area (TPSA) is 56.5 Å². The number of likely N-dealkylation sites (N-methyl/N-ethyl adjacent to an activating group) is 1. The number of methoxy groups -OCH3 is 1. The number of benzene rings is 2. The van der Waals surface area contributed by atoms with Gasteiger partial charge in [0.15, 0.2) is 0 Å². The van der Waals surface area contributed by atoms with Gasteiger partial charge in [-0.05, 0) is 67.4 Å². The van der Waals surface area contributed by atoms with E-state index in [9.17, 15) is 10.4 Å². The van der Waals surface area contributed by atoms with Gasteiger partial charge in [-0.25, -0.2) is 0 Å². The molecule has 0 aromatic heterocycles. The van der Waals surface area contributed by atoms with Crippen LogP contribution in [-0.4, -0.2) is 36.8 Å². The molecule has 1 aliphatic heterocycles. The number of nitriles is 1. The highest BCUT2D eigenvalue weighted by molar-refractivity contribution is 5.51. The molecule has 4 nitrogen and oxygen atoms in total. The zero-order valence-corrected chi connectivity index (χ0v) is 15.5. The van der Waals surface area contributed by atoms with Crippen molar-refractivity contribution in [3.05, 3.63) is 64.7 Å². The lowest BCUT2D eigenvalue weighted by molar-refractivity contribution is -0.141. The summed E-state index contributed by atoms with van der Waals surface area (Å²) in [6, 6.07) is 15.8. The predicted octanol–water partition coefficient (Wildman–Crippen LogP) is 2.97. The van der Waals surface area contributed by atoms with Gasteiger partial charge in [-0.2, -0.15) is 5.26 Å². The van der Waals surface area contributed by atoms with E-state index in [1.54, 1.807) is 13.2 Å². The van der Waals surface area contributed by atoms with Gasteiger partial charge < -0.3 is 9.84 Å². The summed E-state index contributed by atoms with van der Waals surface area (Å²) in [6.45, 7) is 3.08. The van der Waals surface area contributed by atoms with Crippen LogP contribution in [0.1, 0.15) is 35.6 Å². The van der Waals surface area contributed by atoms with Gasteiger partial charge >= 0.3 is 0 Å². The van der Waals surface area contributed by atoms with Crippen molar-refractivity contribution in [2.24, 2.45) is 0 Å². The largest absolute Gasteiger partial charge is 0.497 e. The number of fused-ring (bicyclic) bond motifs is 4. The molecule has 134 valence electrons. The van der Waals surface area contributed by atoms with Gasteiger partial charge in [-0.15, -0.1) is 0 Å². The maximum Gasteiger partial charge on any atom is 0.119 e. The summed E-state index contributed by atoms with van der Waals surface area (Å²) >= 11 is 0. The van der Waals surface area contributed by atoms with Gasteiger partial charge in [0, 0.05) is 11.5 Å². The van der Waals surface area contributed by atoms with Crippen LogP contribution in [0, 0.1) is 11.3 Å². The molecule has 4 rings (SSSR count). The van der Waals surface area contributed by atoms with Crippen molar-refractivity contribution >= 4 is 0 Å². The Morgan fingerprint density at radius 1 is 1.27 bits per heavy atom. The molecule has 2 aliphatic rings. The fourth-order valence-electron chi connectivity index (χ4n) is 5.00. The number of likely N-dealkylation sites (tertiary alicyclic amines) is 1. The van der Waals surface area contributed by atoms with E-state index in [0.29, 0.717) is 5.56 Å². The minimum atomic E-state index is -1.06. The highest BCUT2D eigenvalue weighted by Gasteiger charge is 2.60. The van der Waals surface area contributed by atoms with Crippen molar-refractivity contribution in [2.45, 2.75) is 36.8 Å². The molecule has 26 heavy (non-hydrogen) atoms. The molecule has 1 aliphatic carbocycles. The van der Waals surface area contributed by atoms with Crippen LogP contribution in [0.3, 0.4) is 0 Å². The number of aliphatic hydroxyl groups is 1. The first kappa shape index (κ1) is 17.1. The number of hydrogen-bond donors (Lipinski definition) is 1. The van der Waals surface area contributed by atoms with Crippen LogP contribution in [0.5, 0.6) is 5.75 Å². The highest BCUT2D eigenvalue weighted by Crippen LogP contribution is 2.56. The smallest absolute Gasteiger partial charge is 0.119 e.